The molecule has 0 aliphatic heterocycles. The molecular weight excluding hydrogens is 258 g/mol. The summed E-state index contributed by atoms with van der Waals surface area (Å²) in [5.41, 5.74) is 1.60. The van der Waals surface area contributed by atoms with Crippen molar-refractivity contribution in [2.24, 2.45) is 0 Å². The van der Waals surface area contributed by atoms with Gasteiger partial charge in [-0.1, -0.05) is 18.2 Å². The van der Waals surface area contributed by atoms with Crippen LogP contribution in [0.15, 0.2) is 24.3 Å². The summed E-state index contributed by atoms with van der Waals surface area (Å²) in [6.07, 6.45) is 0.359. The van der Waals surface area contributed by atoms with E-state index in [-0.39, 0.29) is 30.8 Å². The first-order valence-corrected chi connectivity index (χ1v) is 6.38. The smallest absolute Gasteiger partial charge is 0.307 e. The van der Waals surface area contributed by atoms with E-state index in [4.69, 9.17) is 0 Å². The SMILES string of the molecule is COC(=O)CC(C)NC(=O)Cc1[nH]nc2ccccc12. The van der Waals surface area contributed by atoms with Crippen LogP contribution < -0.4 is 5.32 Å². The highest BCUT2D eigenvalue weighted by Crippen LogP contribution is 2.15. The monoisotopic (exact) mass is 275 g/mol. The zero-order valence-corrected chi connectivity index (χ0v) is 11.5. The number of nitrogens with zero attached hydrogens (tertiary/aromatic N) is 1. The largest absolute Gasteiger partial charge is 0.469 e. The summed E-state index contributed by atoms with van der Waals surface area (Å²) in [5.74, 6) is -0.499. The Labute approximate surface area is 116 Å². The van der Waals surface area contributed by atoms with Crippen LogP contribution in [0.2, 0.25) is 0 Å². The van der Waals surface area contributed by atoms with Crippen LogP contribution in [0, 0.1) is 0 Å². The lowest BCUT2D eigenvalue weighted by molar-refractivity contribution is -0.141. The number of ether oxygens (including phenoxy) is 1. The van der Waals surface area contributed by atoms with E-state index < -0.39 is 0 Å². The van der Waals surface area contributed by atoms with Crippen LogP contribution in [0.5, 0.6) is 0 Å². The van der Waals surface area contributed by atoms with Gasteiger partial charge in [0.2, 0.25) is 5.91 Å². The third-order valence-electron chi connectivity index (χ3n) is 2.99. The van der Waals surface area contributed by atoms with Gasteiger partial charge in [0.15, 0.2) is 0 Å². The maximum Gasteiger partial charge on any atom is 0.307 e. The van der Waals surface area contributed by atoms with E-state index in [1.807, 2.05) is 24.3 Å². The first-order chi connectivity index (χ1) is 9.60. The maximum absolute atomic E-state index is 11.9. The minimum absolute atomic E-state index is 0.157. The number of nitrogens with one attached hydrogen (secondary N) is 2. The number of hydrogen-bond acceptors (Lipinski definition) is 4. The molecule has 1 unspecified atom stereocenters. The molecule has 2 aromatic rings. The summed E-state index contributed by atoms with van der Waals surface area (Å²) >= 11 is 0. The van der Waals surface area contributed by atoms with Crippen LogP contribution >= 0.6 is 0 Å². The van der Waals surface area contributed by atoms with Gasteiger partial charge in [-0.2, -0.15) is 5.10 Å². The molecule has 20 heavy (non-hydrogen) atoms. The Hall–Kier alpha value is -2.37. The third-order valence-corrected chi connectivity index (χ3v) is 2.99. The summed E-state index contributed by atoms with van der Waals surface area (Å²) in [7, 11) is 1.33. The zero-order valence-electron chi connectivity index (χ0n) is 11.5. The Kier molecular flexibility index (Phi) is 4.34. The number of methoxy groups -OCH3 is 1. The van der Waals surface area contributed by atoms with Crippen LogP contribution in [-0.2, 0) is 20.7 Å². The second kappa shape index (κ2) is 6.18. The summed E-state index contributed by atoms with van der Waals surface area (Å²) in [4.78, 5) is 23.0. The van der Waals surface area contributed by atoms with Gasteiger partial charge in [0.1, 0.15) is 0 Å². The minimum atomic E-state index is -0.343. The maximum atomic E-state index is 11.9. The van der Waals surface area contributed by atoms with Crippen molar-refractivity contribution in [3.8, 4) is 0 Å². The van der Waals surface area contributed by atoms with E-state index in [0.29, 0.717) is 0 Å². The fourth-order valence-electron chi connectivity index (χ4n) is 2.02. The summed E-state index contributed by atoms with van der Waals surface area (Å²) in [6.45, 7) is 1.76. The second-order valence-electron chi connectivity index (χ2n) is 4.64. The predicted octanol–water partition coefficient (Wildman–Crippen LogP) is 1.17. The summed E-state index contributed by atoms with van der Waals surface area (Å²) in [6, 6.07) is 7.33. The van der Waals surface area contributed by atoms with Crippen LogP contribution in [-0.4, -0.2) is 35.2 Å². The van der Waals surface area contributed by atoms with Crippen LogP contribution in [0.25, 0.3) is 10.9 Å². The molecule has 1 aromatic heterocycles. The Morgan fingerprint density at radius 1 is 1.40 bits per heavy atom. The molecule has 1 heterocycles. The molecule has 0 fully saturated rings. The highest BCUT2D eigenvalue weighted by molar-refractivity contribution is 5.87. The molecule has 0 spiro atoms. The highest BCUT2D eigenvalue weighted by atomic mass is 16.5. The molecule has 106 valence electrons. The number of aromatic nitrogens is 2. The van der Waals surface area contributed by atoms with Gasteiger partial charge < -0.3 is 10.1 Å². The molecule has 2 rings (SSSR count). The van der Waals surface area contributed by atoms with Gasteiger partial charge in [0, 0.05) is 11.4 Å². The lowest BCUT2D eigenvalue weighted by Crippen LogP contribution is -2.35. The minimum Gasteiger partial charge on any atom is -0.469 e. The second-order valence-corrected chi connectivity index (χ2v) is 4.64. The van der Waals surface area contributed by atoms with Crippen molar-refractivity contribution in [2.45, 2.75) is 25.8 Å². The van der Waals surface area contributed by atoms with Gasteiger partial charge in [-0.05, 0) is 13.0 Å². The van der Waals surface area contributed by atoms with Crippen LogP contribution in [0.1, 0.15) is 19.0 Å². The number of aromatic amines is 1. The van der Waals surface area contributed by atoms with Gasteiger partial charge in [0.05, 0.1) is 31.2 Å². The molecule has 1 amide bonds. The average Bonchev–Trinajstić information content (AvgIpc) is 2.81. The van der Waals surface area contributed by atoms with Gasteiger partial charge in [0.25, 0.3) is 0 Å². The average molecular weight is 275 g/mol. The Morgan fingerprint density at radius 2 is 2.15 bits per heavy atom. The molecule has 1 atom stereocenters. The lowest BCUT2D eigenvalue weighted by atomic mass is 10.1. The molecule has 6 nitrogen and oxygen atoms in total. The van der Waals surface area contributed by atoms with Crippen molar-refractivity contribution in [1.82, 2.24) is 15.5 Å². The quantitative estimate of drug-likeness (QED) is 0.802. The Morgan fingerprint density at radius 3 is 2.90 bits per heavy atom. The van der Waals surface area contributed by atoms with Crippen molar-refractivity contribution >= 4 is 22.8 Å². The number of carbonyl (C=O) groups is 2. The Bertz CT molecular complexity index is 621. The number of amides is 1. The van der Waals surface area contributed by atoms with E-state index in [9.17, 15) is 9.59 Å². The molecule has 0 radical (unpaired) electrons. The van der Waals surface area contributed by atoms with Crippen molar-refractivity contribution in [3.63, 3.8) is 0 Å². The molecule has 0 aliphatic rings. The number of fused-ring (bicyclic) bond motifs is 1. The first-order valence-electron chi connectivity index (χ1n) is 6.38. The molecule has 1 aromatic carbocycles. The topological polar surface area (TPSA) is 84.1 Å². The first kappa shape index (κ1) is 14.0. The summed E-state index contributed by atoms with van der Waals surface area (Å²) in [5, 5.41) is 10.7. The Balaban J connectivity index is 1.96. The number of H-pyrrole nitrogens is 1. The molecule has 0 saturated carbocycles. The normalized spacial score (nSPS) is 12.1. The van der Waals surface area contributed by atoms with Gasteiger partial charge in [-0.3, -0.25) is 14.7 Å². The zero-order chi connectivity index (χ0) is 14.5. The number of hydrogen-bond donors (Lipinski definition) is 2. The number of benzene rings is 1. The molecule has 2 N–H and O–H groups in total. The lowest BCUT2D eigenvalue weighted by Gasteiger charge is -2.12. The van der Waals surface area contributed by atoms with E-state index in [2.05, 4.69) is 20.3 Å². The van der Waals surface area contributed by atoms with E-state index >= 15 is 0 Å². The fourth-order valence-corrected chi connectivity index (χ4v) is 2.02. The number of rotatable bonds is 5. The van der Waals surface area contributed by atoms with E-state index in [0.717, 1.165) is 16.6 Å². The standard InChI is InChI=1S/C14H17N3O3/c1-9(7-14(19)20-2)15-13(18)8-12-10-5-3-4-6-11(10)16-17-12/h3-6,9H,7-8H2,1-2H3,(H,15,18)(H,16,17). The van der Waals surface area contributed by atoms with Crippen molar-refractivity contribution in [1.29, 1.82) is 0 Å². The van der Waals surface area contributed by atoms with Crippen molar-refractivity contribution < 1.29 is 14.3 Å². The third kappa shape index (κ3) is 3.34. The van der Waals surface area contributed by atoms with Crippen molar-refractivity contribution in [3.05, 3.63) is 30.0 Å². The number of para-hydroxylation sites is 1. The van der Waals surface area contributed by atoms with E-state index in [1.165, 1.54) is 7.11 Å². The van der Waals surface area contributed by atoms with Gasteiger partial charge in [-0.15, -0.1) is 0 Å². The van der Waals surface area contributed by atoms with Crippen LogP contribution in [0.4, 0.5) is 0 Å². The molecule has 0 bridgehead atoms. The van der Waals surface area contributed by atoms with Gasteiger partial charge >= 0.3 is 5.97 Å². The molecule has 0 saturated heterocycles. The van der Waals surface area contributed by atoms with Crippen molar-refractivity contribution in [2.75, 3.05) is 7.11 Å². The number of esters is 1. The molecule has 0 aliphatic carbocycles. The predicted molar refractivity (Wildman–Crippen MR) is 74.0 cm³/mol. The van der Waals surface area contributed by atoms with E-state index in [1.54, 1.807) is 6.92 Å². The number of carbonyl (C=O) groups excluding carboxylic acids is 2. The van der Waals surface area contributed by atoms with Gasteiger partial charge in [-0.25, -0.2) is 0 Å². The molecular formula is C14H17N3O3. The fraction of sp³-hybridized carbons (Fsp3) is 0.357. The summed E-state index contributed by atoms with van der Waals surface area (Å²) < 4.78 is 4.56. The highest BCUT2D eigenvalue weighted by Gasteiger charge is 2.14. The van der Waals surface area contributed by atoms with Crippen LogP contribution in [0.3, 0.4) is 0 Å². The molecule has 6 heteroatoms.